The Morgan fingerprint density at radius 3 is 2.47 bits per heavy atom. The molecule has 0 atom stereocenters. The van der Waals surface area contributed by atoms with Crippen molar-refractivity contribution in [3.63, 3.8) is 0 Å². The molecule has 1 aromatic carbocycles. The molecule has 2 aromatic rings. The molecule has 0 unspecified atom stereocenters. The molecule has 0 aliphatic rings. The van der Waals surface area contributed by atoms with Gasteiger partial charge in [-0.1, -0.05) is 23.7 Å². The molecule has 0 spiro atoms. The van der Waals surface area contributed by atoms with Crippen LogP contribution in [0.15, 0.2) is 47.5 Å². The Bertz CT molecular complexity index is 722. The minimum atomic E-state index is -3.98. The molecule has 1 N–H and O–H groups in total. The van der Waals surface area contributed by atoms with E-state index in [-0.39, 0.29) is 15.6 Å². The van der Waals surface area contributed by atoms with E-state index in [1.165, 1.54) is 28.8 Å². The molecule has 0 radical (unpaired) electrons. The fraction of sp³-hybridized carbons (Fsp3) is 0.0833. The molecule has 0 fully saturated rings. The maximum atomic E-state index is 12.0. The summed E-state index contributed by atoms with van der Waals surface area (Å²) in [6.07, 6.45) is 1.65. The number of carbonyl (C=O) groups excluding carboxylic acids is 1. The second-order valence-electron chi connectivity index (χ2n) is 3.87. The monoisotopic (exact) mass is 298 g/mol. The third-order valence-electron chi connectivity index (χ3n) is 2.53. The molecule has 7 heteroatoms. The zero-order chi connectivity index (χ0) is 14.0. The number of aryl methyl sites for hydroxylation is 1. The first-order chi connectivity index (χ1) is 8.92. The van der Waals surface area contributed by atoms with E-state index in [0.717, 1.165) is 0 Å². The largest absolute Gasteiger partial charge is 0.347 e. The highest BCUT2D eigenvalue weighted by Gasteiger charge is 2.22. The van der Waals surface area contributed by atoms with Gasteiger partial charge in [-0.05, 0) is 24.3 Å². The van der Waals surface area contributed by atoms with E-state index in [1.807, 2.05) is 4.72 Å². The number of amides is 1. The fourth-order valence-electron chi connectivity index (χ4n) is 1.59. The van der Waals surface area contributed by atoms with Crippen LogP contribution in [0, 0.1) is 0 Å². The second kappa shape index (κ2) is 5.07. The first kappa shape index (κ1) is 13.6. The van der Waals surface area contributed by atoms with Crippen LogP contribution in [0.2, 0.25) is 5.02 Å². The Morgan fingerprint density at radius 2 is 1.89 bits per heavy atom. The Kier molecular flexibility index (Phi) is 3.64. The molecule has 0 aliphatic carbocycles. The highest BCUT2D eigenvalue weighted by atomic mass is 35.5. The lowest BCUT2D eigenvalue weighted by Crippen LogP contribution is -2.31. The summed E-state index contributed by atoms with van der Waals surface area (Å²) in [4.78, 5) is 11.7. The smallest absolute Gasteiger partial charge is 0.281 e. The number of carbonyl (C=O) groups is 1. The molecule has 1 amide bonds. The molecular weight excluding hydrogens is 288 g/mol. The molecule has 100 valence electrons. The van der Waals surface area contributed by atoms with Crippen molar-refractivity contribution in [3.05, 3.63) is 53.3 Å². The topological polar surface area (TPSA) is 68.2 Å². The zero-order valence-corrected chi connectivity index (χ0v) is 11.6. The van der Waals surface area contributed by atoms with Gasteiger partial charge < -0.3 is 4.57 Å². The van der Waals surface area contributed by atoms with Crippen LogP contribution in [0.1, 0.15) is 10.5 Å². The standard InChI is InChI=1S/C12H11ClN2O3S/c1-15-8-4-6-10(15)12(16)14-19(17,18)11-7-3-2-5-9(11)13/h2-8H,1H3,(H,14,16). The molecule has 5 nitrogen and oxygen atoms in total. The number of aromatic nitrogens is 1. The minimum absolute atomic E-state index is 0.0645. The summed E-state index contributed by atoms with van der Waals surface area (Å²) in [7, 11) is -2.33. The summed E-state index contributed by atoms with van der Waals surface area (Å²) in [6.45, 7) is 0. The molecule has 0 bridgehead atoms. The zero-order valence-electron chi connectivity index (χ0n) is 10.00. The van der Waals surface area contributed by atoms with Gasteiger partial charge in [0.25, 0.3) is 15.9 Å². The van der Waals surface area contributed by atoms with Crippen molar-refractivity contribution in [2.24, 2.45) is 7.05 Å². The molecule has 1 heterocycles. The van der Waals surface area contributed by atoms with Crippen molar-refractivity contribution in [3.8, 4) is 0 Å². The summed E-state index contributed by atoms with van der Waals surface area (Å²) < 4.78 is 27.6. The first-order valence-corrected chi connectivity index (χ1v) is 7.21. The number of nitrogens with zero attached hydrogens (tertiary/aromatic N) is 1. The van der Waals surface area contributed by atoms with Crippen molar-refractivity contribution < 1.29 is 13.2 Å². The fourth-order valence-corrected chi connectivity index (χ4v) is 3.07. The van der Waals surface area contributed by atoms with E-state index in [0.29, 0.717) is 0 Å². The average Bonchev–Trinajstić information content (AvgIpc) is 2.75. The highest BCUT2D eigenvalue weighted by molar-refractivity contribution is 7.90. The van der Waals surface area contributed by atoms with Crippen molar-refractivity contribution in [1.82, 2.24) is 9.29 Å². The Hall–Kier alpha value is -1.79. The predicted molar refractivity (Wildman–Crippen MR) is 71.5 cm³/mol. The lowest BCUT2D eigenvalue weighted by molar-refractivity contribution is 0.0973. The number of rotatable bonds is 3. The van der Waals surface area contributed by atoms with E-state index in [4.69, 9.17) is 11.6 Å². The number of hydrogen-bond donors (Lipinski definition) is 1. The Morgan fingerprint density at radius 1 is 1.21 bits per heavy atom. The Balaban J connectivity index is 2.31. The van der Waals surface area contributed by atoms with Gasteiger partial charge in [0.1, 0.15) is 10.6 Å². The summed E-state index contributed by atoms with van der Waals surface area (Å²) in [5.41, 5.74) is 0.246. The maximum absolute atomic E-state index is 12.0. The van der Waals surface area contributed by atoms with Crippen molar-refractivity contribution >= 4 is 27.5 Å². The highest BCUT2D eigenvalue weighted by Crippen LogP contribution is 2.20. The normalized spacial score (nSPS) is 11.3. The van der Waals surface area contributed by atoms with Gasteiger partial charge in [-0.15, -0.1) is 0 Å². The third-order valence-corrected chi connectivity index (χ3v) is 4.36. The number of sulfonamides is 1. The number of hydrogen-bond acceptors (Lipinski definition) is 3. The second-order valence-corrected chi connectivity index (χ2v) is 5.93. The lowest BCUT2D eigenvalue weighted by Gasteiger charge is -2.08. The van der Waals surface area contributed by atoms with Crippen LogP contribution in [-0.2, 0) is 17.1 Å². The summed E-state index contributed by atoms with van der Waals surface area (Å²) in [5.74, 6) is -0.701. The van der Waals surface area contributed by atoms with Crippen molar-refractivity contribution in [2.45, 2.75) is 4.90 Å². The SMILES string of the molecule is Cn1cccc1C(=O)NS(=O)(=O)c1ccccc1Cl. The first-order valence-electron chi connectivity index (χ1n) is 5.35. The molecule has 0 aliphatic heterocycles. The molecule has 1 aromatic heterocycles. The number of benzene rings is 1. The maximum Gasteiger partial charge on any atom is 0.281 e. The van der Waals surface area contributed by atoms with Crippen LogP contribution in [0.25, 0.3) is 0 Å². The van der Waals surface area contributed by atoms with Gasteiger partial charge >= 0.3 is 0 Å². The van der Waals surface area contributed by atoms with Gasteiger partial charge in [-0.3, -0.25) is 4.79 Å². The number of halogens is 1. The van der Waals surface area contributed by atoms with Gasteiger partial charge in [-0.25, -0.2) is 13.1 Å². The molecule has 19 heavy (non-hydrogen) atoms. The number of nitrogens with one attached hydrogen (secondary N) is 1. The van der Waals surface area contributed by atoms with Gasteiger partial charge in [0.2, 0.25) is 0 Å². The van der Waals surface area contributed by atoms with Crippen molar-refractivity contribution in [2.75, 3.05) is 0 Å². The van der Waals surface area contributed by atoms with Crippen LogP contribution in [0.5, 0.6) is 0 Å². The average molecular weight is 299 g/mol. The van der Waals surface area contributed by atoms with Crippen molar-refractivity contribution in [1.29, 1.82) is 0 Å². The van der Waals surface area contributed by atoms with Gasteiger partial charge in [0, 0.05) is 13.2 Å². The lowest BCUT2D eigenvalue weighted by atomic mass is 10.4. The van der Waals surface area contributed by atoms with E-state index in [9.17, 15) is 13.2 Å². The minimum Gasteiger partial charge on any atom is -0.347 e. The Labute approximate surface area is 115 Å². The molecule has 0 saturated carbocycles. The van der Waals surface area contributed by atoms with Crippen LogP contribution < -0.4 is 4.72 Å². The molecule has 0 saturated heterocycles. The van der Waals surface area contributed by atoms with Gasteiger partial charge in [-0.2, -0.15) is 0 Å². The van der Waals surface area contributed by atoms with E-state index in [2.05, 4.69) is 0 Å². The van der Waals surface area contributed by atoms with Gasteiger partial charge in [0.05, 0.1) is 5.02 Å². The van der Waals surface area contributed by atoms with Crippen LogP contribution >= 0.6 is 11.6 Å². The predicted octanol–water partition coefficient (Wildman–Crippen LogP) is 1.80. The van der Waals surface area contributed by atoms with Crippen LogP contribution in [0.3, 0.4) is 0 Å². The van der Waals surface area contributed by atoms with E-state index < -0.39 is 15.9 Å². The summed E-state index contributed by atoms with van der Waals surface area (Å²) in [5, 5.41) is 0.0645. The molecular formula is C12H11ClN2O3S. The summed E-state index contributed by atoms with van der Waals surface area (Å²) in [6, 6.07) is 9.11. The third kappa shape index (κ3) is 2.80. The van der Waals surface area contributed by atoms with Crippen LogP contribution in [0.4, 0.5) is 0 Å². The van der Waals surface area contributed by atoms with E-state index >= 15 is 0 Å². The summed E-state index contributed by atoms with van der Waals surface area (Å²) >= 11 is 5.81. The quantitative estimate of drug-likeness (QED) is 0.939. The molecule has 2 rings (SSSR count). The van der Waals surface area contributed by atoms with E-state index in [1.54, 1.807) is 25.4 Å². The van der Waals surface area contributed by atoms with Crippen LogP contribution in [-0.4, -0.2) is 18.9 Å². The van der Waals surface area contributed by atoms with Gasteiger partial charge in [0.15, 0.2) is 0 Å².